The van der Waals surface area contributed by atoms with Crippen LogP contribution >= 0.6 is 0 Å². The van der Waals surface area contributed by atoms with Crippen LogP contribution in [-0.2, 0) is 9.59 Å². The summed E-state index contributed by atoms with van der Waals surface area (Å²) in [6, 6.07) is -0.466. The summed E-state index contributed by atoms with van der Waals surface area (Å²) in [5, 5.41) is 0. The molecule has 0 aromatic heterocycles. The maximum Gasteiger partial charge on any atom is 0.241 e. The third kappa shape index (κ3) is 2.23. The van der Waals surface area contributed by atoms with Crippen molar-refractivity contribution < 1.29 is 9.59 Å². The summed E-state index contributed by atoms with van der Waals surface area (Å²) in [7, 11) is 1.74. The lowest BCUT2D eigenvalue weighted by Gasteiger charge is -2.33. The van der Waals surface area contributed by atoms with Gasteiger partial charge in [0, 0.05) is 20.1 Å². The zero-order valence-corrected chi connectivity index (χ0v) is 8.69. The molecular formula is C9H17N3O2. The number of carbonyl (C=O) groups is 2. The molecule has 1 aliphatic heterocycles. The van der Waals surface area contributed by atoms with Gasteiger partial charge in [-0.3, -0.25) is 9.59 Å². The predicted octanol–water partition coefficient (Wildman–Crippen LogP) is -0.976. The van der Waals surface area contributed by atoms with Gasteiger partial charge in [0.1, 0.15) is 0 Å². The zero-order chi connectivity index (χ0) is 10.7. The molecule has 1 heterocycles. The number of amides is 2. The molecule has 2 amide bonds. The molecule has 5 nitrogen and oxygen atoms in total. The normalized spacial score (nSPS) is 19.8. The molecule has 1 aliphatic rings. The first-order valence-corrected chi connectivity index (χ1v) is 4.84. The van der Waals surface area contributed by atoms with E-state index in [0.29, 0.717) is 19.5 Å². The summed E-state index contributed by atoms with van der Waals surface area (Å²) in [6.45, 7) is 3.22. The number of carbonyl (C=O) groups excluding carboxylic acids is 2. The minimum Gasteiger partial charge on any atom is -0.342 e. The number of nitrogens with zero attached hydrogens (tertiary/aromatic N) is 2. The number of hydrogen-bond acceptors (Lipinski definition) is 3. The average Bonchev–Trinajstić information content (AvgIpc) is 2.20. The van der Waals surface area contributed by atoms with E-state index in [4.69, 9.17) is 5.73 Å². The highest BCUT2D eigenvalue weighted by Gasteiger charge is 2.27. The van der Waals surface area contributed by atoms with E-state index >= 15 is 0 Å². The number of rotatable bonds is 2. The molecule has 5 heteroatoms. The topological polar surface area (TPSA) is 66.6 Å². The maximum atomic E-state index is 11.6. The summed E-state index contributed by atoms with van der Waals surface area (Å²) < 4.78 is 0. The molecule has 1 atom stereocenters. The van der Waals surface area contributed by atoms with Crippen molar-refractivity contribution in [3.63, 3.8) is 0 Å². The minimum absolute atomic E-state index is 0.0205. The smallest absolute Gasteiger partial charge is 0.241 e. The molecule has 0 spiro atoms. The fourth-order valence-corrected chi connectivity index (χ4v) is 1.36. The van der Waals surface area contributed by atoms with Crippen molar-refractivity contribution in [3.8, 4) is 0 Å². The van der Waals surface area contributed by atoms with E-state index in [1.807, 2.05) is 6.92 Å². The fraction of sp³-hybridized carbons (Fsp3) is 0.778. The van der Waals surface area contributed by atoms with Gasteiger partial charge >= 0.3 is 0 Å². The molecule has 0 aromatic carbocycles. The Morgan fingerprint density at radius 2 is 2.21 bits per heavy atom. The number of likely N-dealkylation sites (N-methyl/N-ethyl adjacent to an activating group) is 1. The van der Waals surface area contributed by atoms with E-state index in [-0.39, 0.29) is 18.4 Å². The van der Waals surface area contributed by atoms with Crippen LogP contribution in [0.15, 0.2) is 0 Å². The van der Waals surface area contributed by atoms with Crippen molar-refractivity contribution in [2.75, 3.05) is 26.7 Å². The second-order valence-corrected chi connectivity index (χ2v) is 3.59. The molecule has 14 heavy (non-hydrogen) atoms. The first kappa shape index (κ1) is 11.0. The van der Waals surface area contributed by atoms with E-state index in [1.165, 1.54) is 4.90 Å². The van der Waals surface area contributed by atoms with Gasteiger partial charge in [0.25, 0.3) is 0 Å². The van der Waals surface area contributed by atoms with E-state index < -0.39 is 6.04 Å². The van der Waals surface area contributed by atoms with Gasteiger partial charge < -0.3 is 15.5 Å². The Bertz CT molecular complexity index is 242. The molecule has 0 aliphatic carbocycles. The van der Waals surface area contributed by atoms with E-state index in [1.54, 1.807) is 11.9 Å². The van der Waals surface area contributed by atoms with Crippen LogP contribution in [0.5, 0.6) is 0 Å². The van der Waals surface area contributed by atoms with E-state index in [9.17, 15) is 9.59 Å². The fourth-order valence-electron chi connectivity index (χ4n) is 1.36. The van der Waals surface area contributed by atoms with Gasteiger partial charge in [-0.05, 0) is 6.42 Å². The van der Waals surface area contributed by atoms with Crippen molar-refractivity contribution in [1.29, 1.82) is 0 Å². The van der Waals surface area contributed by atoms with Gasteiger partial charge in [-0.2, -0.15) is 0 Å². The van der Waals surface area contributed by atoms with Crippen molar-refractivity contribution in [2.24, 2.45) is 5.73 Å². The van der Waals surface area contributed by atoms with Crippen molar-refractivity contribution in [2.45, 2.75) is 19.4 Å². The Hall–Kier alpha value is -1.10. The summed E-state index contributed by atoms with van der Waals surface area (Å²) in [6.07, 6.45) is 0.610. The first-order chi connectivity index (χ1) is 6.56. The molecule has 80 valence electrons. The minimum atomic E-state index is -0.466. The highest BCUT2D eigenvalue weighted by Crippen LogP contribution is 2.03. The van der Waals surface area contributed by atoms with Crippen molar-refractivity contribution in [3.05, 3.63) is 0 Å². The Kier molecular flexibility index (Phi) is 3.46. The molecular weight excluding hydrogens is 182 g/mol. The molecule has 1 rings (SSSR count). The molecule has 2 N–H and O–H groups in total. The van der Waals surface area contributed by atoms with Gasteiger partial charge in [-0.15, -0.1) is 0 Å². The molecule has 0 aromatic rings. The quantitative estimate of drug-likeness (QED) is 0.622. The Morgan fingerprint density at radius 3 is 2.71 bits per heavy atom. The van der Waals surface area contributed by atoms with Crippen LogP contribution in [0.1, 0.15) is 13.3 Å². The van der Waals surface area contributed by atoms with E-state index in [0.717, 1.165) is 0 Å². The molecule has 1 saturated heterocycles. The number of piperazine rings is 1. The third-order valence-corrected chi connectivity index (χ3v) is 2.53. The van der Waals surface area contributed by atoms with Gasteiger partial charge in [0.05, 0.1) is 12.6 Å². The first-order valence-electron chi connectivity index (χ1n) is 4.84. The second kappa shape index (κ2) is 4.41. The lowest BCUT2D eigenvalue weighted by atomic mass is 10.2. The van der Waals surface area contributed by atoms with Gasteiger partial charge in [0.2, 0.25) is 11.8 Å². The molecule has 0 radical (unpaired) electrons. The zero-order valence-electron chi connectivity index (χ0n) is 8.69. The lowest BCUT2D eigenvalue weighted by molar-refractivity contribution is -0.144. The molecule has 0 saturated carbocycles. The lowest BCUT2D eigenvalue weighted by Crippen LogP contribution is -2.54. The second-order valence-electron chi connectivity index (χ2n) is 3.59. The average molecular weight is 199 g/mol. The Morgan fingerprint density at radius 1 is 1.57 bits per heavy atom. The van der Waals surface area contributed by atoms with Crippen LogP contribution in [0.2, 0.25) is 0 Å². The van der Waals surface area contributed by atoms with Crippen molar-refractivity contribution in [1.82, 2.24) is 9.80 Å². The Balaban J connectivity index is 2.54. The van der Waals surface area contributed by atoms with Gasteiger partial charge in [-0.1, -0.05) is 6.92 Å². The van der Waals surface area contributed by atoms with E-state index in [2.05, 4.69) is 0 Å². The number of nitrogens with two attached hydrogens (primary N) is 1. The predicted molar refractivity (Wildman–Crippen MR) is 52.5 cm³/mol. The highest BCUT2D eigenvalue weighted by molar-refractivity contribution is 5.88. The van der Waals surface area contributed by atoms with Crippen LogP contribution in [0.4, 0.5) is 0 Å². The van der Waals surface area contributed by atoms with Crippen LogP contribution < -0.4 is 5.73 Å². The van der Waals surface area contributed by atoms with Crippen LogP contribution in [0.25, 0.3) is 0 Å². The SMILES string of the molecule is CC[C@@H](N)C(=O)N1CCN(C)C(=O)C1. The summed E-state index contributed by atoms with van der Waals surface area (Å²) in [5.41, 5.74) is 5.61. The van der Waals surface area contributed by atoms with Gasteiger partial charge in [-0.25, -0.2) is 0 Å². The summed E-state index contributed by atoms with van der Waals surface area (Å²) in [5.74, 6) is -0.137. The summed E-state index contributed by atoms with van der Waals surface area (Å²) in [4.78, 5) is 26.1. The standard InChI is InChI=1S/C9H17N3O2/c1-3-7(10)9(14)12-5-4-11(2)8(13)6-12/h7H,3-6,10H2,1-2H3/t7-/m1/s1. The van der Waals surface area contributed by atoms with Crippen molar-refractivity contribution >= 4 is 11.8 Å². The highest BCUT2D eigenvalue weighted by atomic mass is 16.2. The largest absolute Gasteiger partial charge is 0.342 e. The Labute approximate surface area is 83.8 Å². The monoisotopic (exact) mass is 199 g/mol. The molecule has 0 bridgehead atoms. The summed E-state index contributed by atoms with van der Waals surface area (Å²) >= 11 is 0. The number of hydrogen-bond donors (Lipinski definition) is 1. The van der Waals surface area contributed by atoms with Crippen LogP contribution in [-0.4, -0.2) is 54.3 Å². The van der Waals surface area contributed by atoms with Crippen LogP contribution in [0, 0.1) is 0 Å². The molecule has 1 fully saturated rings. The van der Waals surface area contributed by atoms with Gasteiger partial charge in [0.15, 0.2) is 0 Å². The maximum absolute atomic E-state index is 11.6. The van der Waals surface area contributed by atoms with Crippen LogP contribution in [0.3, 0.4) is 0 Å². The third-order valence-electron chi connectivity index (χ3n) is 2.53. The molecule has 0 unspecified atom stereocenters.